The Labute approximate surface area is 192 Å². The average molecular weight is 444 g/mol. The number of carbonyl (C=O) groups excluding carboxylic acids is 1. The average Bonchev–Trinajstić information content (AvgIpc) is 3.26. The van der Waals surface area contributed by atoms with Crippen molar-refractivity contribution >= 4 is 11.7 Å². The summed E-state index contributed by atoms with van der Waals surface area (Å²) in [7, 11) is 1.79. The summed E-state index contributed by atoms with van der Waals surface area (Å²) in [5.74, 6) is -1.07. The van der Waals surface area contributed by atoms with E-state index in [0.29, 0.717) is 12.1 Å². The van der Waals surface area contributed by atoms with E-state index in [0.717, 1.165) is 17.5 Å². The Morgan fingerprint density at radius 1 is 1.06 bits per heavy atom. The van der Waals surface area contributed by atoms with Gasteiger partial charge in [0.2, 0.25) is 5.91 Å². The first-order chi connectivity index (χ1) is 16.0. The van der Waals surface area contributed by atoms with Crippen LogP contribution >= 0.6 is 0 Å². The molecule has 1 amide bonds. The number of benzene rings is 2. The minimum atomic E-state index is -0.643. The number of aryl methyl sites for hydroxylation is 2. The SMILES string of the molecule is Cc1ccc(CCN[C@@H](C(=O)Nc2ncc(-c3cnn(C)c3)cc2F)c2ccccc2)cc1. The molecule has 2 heterocycles. The molecule has 0 aliphatic heterocycles. The van der Waals surface area contributed by atoms with E-state index >= 15 is 0 Å². The largest absolute Gasteiger partial charge is 0.307 e. The number of halogens is 1. The summed E-state index contributed by atoms with van der Waals surface area (Å²) in [5, 5.41) is 10.0. The molecule has 168 valence electrons. The summed E-state index contributed by atoms with van der Waals surface area (Å²) in [4.78, 5) is 17.3. The summed E-state index contributed by atoms with van der Waals surface area (Å²) in [6, 6.07) is 18.4. The van der Waals surface area contributed by atoms with Crippen LogP contribution in [0.25, 0.3) is 11.1 Å². The van der Waals surface area contributed by atoms with Gasteiger partial charge in [-0.1, -0.05) is 60.2 Å². The van der Waals surface area contributed by atoms with Crippen molar-refractivity contribution in [1.29, 1.82) is 0 Å². The maximum Gasteiger partial charge on any atom is 0.247 e. The van der Waals surface area contributed by atoms with Crippen LogP contribution in [0.1, 0.15) is 22.7 Å². The maximum absolute atomic E-state index is 14.7. The Morgan fingerprint density at radius 3 is 2.48 bits per heavy atom. The Kier molecular flexibility index (Phi) is 6.90. The number of amides is 1. The highest BCUT2D eigenvalue weighted by Gasteiger charge is 2.22. The molecule has 0 saturated heterocycles. The number of aromatic nitrogens is 3. The summed E-state index contributed by atoms with van der Waals surface area (Å²) >= 11 is 0. The second-order valence-corrected chi connectivity index (χ2v) is 7.98. The minimum absolute atomic E-state index is 0.103. The van der Waals surface area contributed by atoms with E-state index in [1.54, 1.807) is 24.1 Å². The van der Waals surface area contributed by atoms with E-state index in [2.05, 4.69) is 45.0 Å². The fourth-order valence-corrected chi connectivity index (χ4v) is 3.57. The van der Waals surface area contributed by atoms with Gasteiger partial charge in [0.25, 0.3) is 0 Å². The van der Waals surface area contributed by atoms with Gasteiger partial charge >= 0.3 is 0 Å². The van der Waals surface area contributed by atoms with Crippen molar-refractivity contribution in [3.8, 4) is 11.1 Å². The van der Waals surface area contributed by atoms with Crippen molar-refractivity contribution in [2.75, 3.05) is 11.9 Å². The van der Waals surface area contributed by atoms with Gasteiger partial charge in [-0.25, -0.2) is 9.37 Å². The van der Waals surface area contributed by atoms with Crippen LogP contribution in [-0.2, 0) is 18.3 Å². The lowest BCUT2D eigenvalue weighted by Gasteiger charge is -2.19. The van der Waals surface area contributed by atoms with Gasteiger partial charge in [0, 0.05) is 37.1 Å². The molecule has 0 radical (unpaired) electrons. The van der Waals surface area contributed by atoms with Gasteiger partial charge in [-0.15, -0.1) is 0 Å². The van der Waals surface area contributed by atoms with Crippen LogP contribution in [0.5, 0.6) is 0 Å². The van der Waals surface area contributed by atoms with Crippen LogP contribution in [0.15, 0.2) is 79.3 Å². The standard InChI is InChI=1S/C26H26FN5O/c1-18-8-10-19(11-9-18)12-13-28-24(20-6-4-3-5-7-20)26(33)31-25-23(27)14-21(15-29-25)22-16-30-32(2)17-22/h3-11,14-17,24,28H,12-13H2,1-2H3,(H,29,31,33)/t24-/m1/s1. The highest BCUT2D eigenvalue weighted by Crippen LogP contribution is 2.23. The molecule has 0 aliphatic rings. The van der Waals surface area contributed by atoms with Gasteiger partial charge in [0.1, 0.15) is 6.04 Å². The molecular formula is C26H26FN5O. The van der Waals surface area contributed by atoms with E-state index in [9.17, 15) is 9.18 Å². The van der Waals surface area contributed by atoms with E-state index in [1.165, 1.54) is 23.4 Å². The first kappa shape index (κ1) is 22.4. The fraction of sp³-hybridized carbons (Fsp3) is 0.192. The topological polar surface area (TPSA) is 71.8 Å². The molecule has 0 bridgehead atoms. The number of hydrogen-bond donors (Lipinski definition) is 2. The second-order valence-electron chi connectivity index (χ2n) is 7.98. The van der Waals surface area contributed by atoms with Crippen LogP contribution < -0.4 is 10.6 Å². The van der Waals surface area contributed by atoms with Crippen molar-refractivity contribution < 1.29 is 9.18 Å². The zero-order valence-corrected chi connectivity index (χ0v) is 18.6. The molecule has 4 aromatic rings. The van der Waals surface area contributed by atoms with Crippen molar-refractivity contribution in [1.82, 2.24) is 20.1 Å². The predicted molar refractivity (Wildman–Crippen MR) is 127 cm³/mol. The molecule has 7 heteroatoms. The first-order valence-electron chi connectivity index (χ1n) is 10.8. The summed E-state index contributed by atoms with van der Waals surface area (Å²) in [6.45, 7) is 2.64. The van der Waals surface area contributed by atoms with Crippen LogP contribution in [0.4, 0.5) is 10.2 Å². The molecule has 1 atom stereocenters. The number of nitrogens with one attached hydrogen (secondary N) is 2. The lowest BCUT2D eigenvalue weighted by Crippen LogP contribution is -2.34. The van der Waals surface area contributed by atoms with Gasteiger partial charge in [0.15, 0.2) is 11.6 Å². The van der Waals surface area contributed by atoms with Crippen LogP contribution in [0.3, 0.4) is 0 Å². The minimum Gasteiger partial charge on any atom is -0.307 e. The third-order valence-corrected chi connectivity index (χ3v) is 5.40. The molecule has 0 saturated carbocycles. The molecule has 33 heavy (non-hydrogen) atoms. The van der Waals surface area contributed by atoms with Gasteiger partial charge in [0.05, 0.1) is 6.20 Å². The van der Waals surface area contributed by atoms with Crippen molar-refractivity contribution in [3.05, 3.63) is 102 Å². The second kappa shape index (κ2) is 10.2. The molecule has 0 fully saturated rings. The van der Waals surface area contributed by atoms with E-state index in [1.807, 2.05) is 37.3 Å². The Morgan fingerprint density at radius 2 is 1.82 bits per heavy atom. The molecule has 0 aliphatic carbocycles. The van der Waals surface area contributed by atoms with Crippen molar-refractivity contribution in [2.24, 2.45) is 7.05 Å². The van der Waals surface area contributed by atoms with Gasteiger partial charge < -0.3 is 10.6 Å². The highest BCUT2D eigenvalue weighted by molar-refractivity contribution is 5.95. The summed E-state index contributed by atoms with van der Waals surface area (Å²) < 4.78 is 16.4. The number of anilines is 1. The van der Waals surface area contributed by atoms with E-state index in [-0.39, 0.29) is 11.7 Å². The first-order valence-corrected chi connectivity index (χ1v) is 10.8. The number of rotatable bonds is 8. The van der Waals surface area contributed by atoms with Gasteiger partial charge in [-0.3, -0.25) is 9.48 Å². The molecule has 2 aromatic carbocycles. The number of pyridine rings is 1. The summed E-state index contributed by atoms with van der Waals surface area (Å²) in [6.07, 6.45) is 5.71. The third-order valence-electron chi connectivity index (χ3n) is 5.40. The molecule has 2 aromatic heterocycles. The molecule has 6 nitrogen and oxygen atoms in total. The smallest absolute Gasteiger partial charge is 0.247 e. The van der Waals surface area contributed by atoms with Gasteiger partial charge in [-0.2, -0.15) is 5.10 Å². The van der Waals surface area contributed by atoms with E-state index in [4.69, 9.17) is 0 Å². The molecule has 0 unspecified atom stereocenters. The molecular weight excluding hydrogens is 417 g/mol. The quantitative estimate of drug-likeness (QED) is 0.422. The number of nitrogens with zero attached hydrogens (tertiary/aromatic N) is 3. The Bertz CT molecular complexity index is 1220. The maximum atomic E-state index is 14.7. The van der Waals surface area contributed by atoms with E-state index < -0.39 is 11.9 Å². The lowest BCUT2D eigenvalue weighted by atomic mass is 10.0. The zero-order chi connectivity index (χ0) is 23.2. The predicted octanol–water partition coefficient (Wildman–Crippen LogP) is 4.44. The monoisotopic (exact) mass is 443 g/mol. The Balaban J connectivity index is 1.47. The van der Waals surface area contributed by atoms with Crippen molar-refractivity contribution in [3.63, 3.8) is 0 Å². The normalized spacial score (nSPS) is 11.8. The molecule has 4 rings (SSSR count). The lowest BCUT2D eigenvalue weighted by molar-refractivity contribution is -0.118. The van der Waals surface area contributed by atoms with Crippen LogP contribution in [0, 0.1) is 12.7 Å². The van der Waals surface area contributed by atoms with Crippen molar-refractivity contribution in [2.45, 2.75) is 19.4 Å². The molecule has 2 N–H and O–H groups in total. The third kappa shape index (κ3) is 5.70. The number of hydrogen-bond acceptors (Lipinski definition) is 4. The fourth-order valence-electron chi connectivity index (χ4n) is 3.57. The molecule has 0 spiro atoms. The zero-order valence-electron chi connectivity index (χ0n) is 18.6. The van der Waals surface area contributed by atoms with Gasteiger partial charge in [-0.05, 0) is 30.5 Å². The number of carbonyl (C=O) groups is 1. The Hall–Kier alpha value is -3.84. The van der Waals surface area contributed by atoms with Crippen LogP contribution in [-0.4, -0.2) is 27.2 Å². The summed E-state index contributed by atoms with van der Waals surface area (Å²) in [5.41, 5.74) is 4.53. The van der Waals surface area contributed by atoms with Crippen LogP contribution in [0.2, 0.25) is 0 Å². The highest BCUT2D eigenvalue weighted by atomic mass is 19.1.